The smallest absolute Gasteiger partial charge is 0.475 e. The highest BCUT2D eigenvalue weighted by molar-refractivity contribution is 7.07. The average molecular weight is 750 g/mol. The number of carboxylic acid groups (broad SMARTS) is 1. The molecule has 17 heteroatoms. The average Bonchev–Trinajstić information content (AvgIpc) is 3.63. The van der Waals surface area contributed by atoms with E-state index in [-0.39, 0.29) is 27.6 Å². The SMILES string of the molecule is COC(=O)[C@H](Cc1cscn1)NC(=O)[C@H]1N[C@H](CC(C)(C)C)[C@@](C#N)(c2ccc(Cl)cc2F)[C@@H]1c1cccc(Cl)c1F.O=C(O)C(F)(F)F. The van der Waals surface area contributed by atoms with Crippen molar-refractivity contribution in [2.24, 2.45) is 5.41 Å². The van der Waals surface area contributed by atoms with Gasteiger partial charge in [0.1, 0.15) is 23.1 Å². The lowest BCUT2D eigenvalue weighted by Crippen LogP contribution is -2.51. The number of nitrogens with one attached hydrogen (secondary N) is 2. The summed E-state index contributed by atoms with van der Waals surface area (Å²) in [6.45, 7) is 5.83. The lowest BCUT2D eigenvalue weighted by atomic mass is 9.62. The Bertz CT molecular complexity index is 1720. The molecular formula is C32H31Cl2F5N4O5S. The molecule has 0 aliphatic carbocycles. The fourth-order valence-corrected chi connectivity index (χ4v) is 6.61. The van der Waals surface area contributed by atoms with Crippen LogP contribution in [0.5, 0.6) is 0 Å². The summed E-state index contributed by atoms with van der Waals surface area (Å²) in [7, 11) is 1.20. The van der Waals surface area contributed by atoms with Gasteiger partial charge in [-0.2, -0.15) is 18.4 Å². The second-order valence-electron chi connectivity index (χ2n) is 12.3. The molecule has 5 atom stereocenters. The van der Waals surface area contributed by atoms with Gasteiger partial charge in [0.05, 0.1) is 35.4 Å². The molecule has 1 saturated heterocycles. The van der Waals surface area contributed by atoms with E-state index in [1.165, 1.54) is 48.8 Å². The van der Waals surface area contributed by atoms with Gasteiger partial charge in [0.15, 0.2) is 0 Å². The van der Waals surface area contributed by atoms with Gasteiger partial charge in [-0.3, -0.25) is 4.79 Å². The highest BCUT2D eigenvalue weighted by atomic mass is 35.5. The molecule has 0 spiro atoms. The first-order chi connectivity index (χ1) is 22.8. The van der Waals surface area contributed by atoms with Crippen LogP contribution in [0.25, 0.3) is 0 Å². The van der Waals surface area contributed by atoms with Gasteiger partial charge in [-0.15, -0.1) is 11.3 Å². The Hall–Kier alpha value is -3.84. The van der Waals surface area contributed by atoms with Crippen molar-refractivity contribution < 1.29 is 46.2 Å². The van der Waals surface area contributed by atoms with Crippen LogP contribution in [0.2, 0.25) is 10.0 Å². The van der Waals surface area contributed by atoms with Crippen molar-refractivity contribution in [2.75, 3.05) is 7.11 Å². The standard InChI is InChI=1S/C30H30Cl2F2N4O3S.C2HF3O2/c1-29(2,3)12-23-30(14-35,19-9-8-16(31)10-21(19)33)24(18-6-5-7-20(32)25(18)34)26(38-23)27(39)37-22(28(40)41-4)11-17-13-42-15-36-17;3-2(4,5)1(6)7/h5-10,13,15,22-24,26,38H,11-12H2,1-4H3,(H,37,39);(H,6,7)/t22-,23+,24+,26-,30+;/m0./s1. The summed E-state index contributed by atoms with van der Waals surface area (Å²) in [5.41, 5.74) is -0.108. The topological polar surface area (TPSA) is 141 Å². The molecule has 3 aromatic rings. The Kier molecular flexibility index (Phi) is 12.8. The fraction of sp³-hybridized carbons (Fsp3) is 0.406. The van der Waals surface area contributed by atoms with E-state index in [1.54, 1.807) is 10.9 Å². The number of esters is 1. The number of rotatable bonds is 8. The summed E-state index contributed by atoms with van der Waals surface area (Å²) < 4.78 is 68.2. The molecule has 1 aliphatic rings. The number of carbonyl (C=O) groups is 3. The summed E-state index contributed by atoms with van der Waals surface area (Å²) >= 11 is 13.6. The highest BCUT2D eigenvalue weighted by Gasteiger charge is 2.61. The van der Waals surface area contributed by atoms with Crippen molar-refractivity contribution >= 4 is 52.4 Å². The number of hydrogen-bond donors (Lipinski definition) is 3. The fourth-order valence-electron chi connectivity index (χ4n) is 5.70. The van der Waals surface area contributed by atoms with Crippen LogP contribution in [0.4, 0.5) is 22.0 Å². The minimum Gasteiger partial charge on any atom is -0.475 e. The van der Waals surface area contributed by atoms with Gasteiger partial charge in [-0.25, -0.2) is 23.4 Å². The number of benzene rings is 2. The van der Waals surface area contributed by atoms with E-state index >= 15 is 8.78 Å². The Labute approximate surface area is 292 Å². The van der Waals surface area contributed by atoms with Gasteiger partial charge in [0.25, 0.3) is 0 Å². The molecule has 0 bridgehead atoms. The van der Waals surface area contributed by atoms with Crippen LogP contribution in [-0.4, -0.2) is 59.3 Å². The summed E-state index contributed by atoms with van der Waals surface area (Å²) in [4.78, 5) is 39.9. The number of nitriles is 1. The largest absolute Gasteiger partial charge is 0.490 e. The maximum absolute atomic E-state index is 15.8. The molecule has 49 heavy (non-hydrogen) atoms. The molecule has 3 N–H and O–H groups in total. The zero-order chi connectivity index (χ0) is 36.9. The maximum Gasteiger partial charge on any atom is 0.490 e. The molecule has 1 fully saturated rings. The monoisotopic (exact) mass is 748 g/mol. The Morgan fingerprint density at radius 2 is 1.84 bits per heavy atom. The van der Waals surface area contributed by atoms with Crippen LogP contribution in [0.3, 0.4) is 0 Å². The third kappa shape index (κ3) is 9.24. The molecule has 0 radical (unpaired) electrons. The number of hydrogen-bond acceptors (Lipinski definition) is 8. The number of methoxy groups -OCH3 is 1. The first-order valence-electron chi connectivity index (χ1n) is 14.4. The van der Waals surface area contributed by atoms with Crippen molar-refractivity contribution in [3.05, 3.63) is 85.8 Å². The third-order valence-electron chi connectivity index (χ3n) is 7.67. The Morgan fingerprint density at radius 1 is 1.18 bits per heavy atom. The number of aliphatic carboxylic acids is 1. The maximum atomic E-state index is 15.8. The van der Waals surface area contributed by atoms with Crippen LogP contribution in [-0.2, 0) is 31.0 Å². The van der Waals surface area contributed by atoms with E-state index in [0.717, 1.165) is 6.07 Å². The van der Waals surface area contributed by atoms with Crippen LogP contribution in [0.1, 0.15) is 49.9 Å². The zero-order valence-corrected chi connectivity index (χ0v) is 28.7. The normalized spacial score (nSPS) is 21.1. The molecule has 1 aromatic heterocycles. The Morgan fingerprint density at radius 3 is 2.35 bits per heavy atom. The summed E-state index contributed by atoms with van der Waals surface area (Å²) in [6, 6.07) is 7.29. The van der Waals surface area contributed by atoms with Crippen LogP contribution in [0.15, 0.2) is 47.3 Å². The van der Waals surface area contributed by atoms with Gasteiger partial charge >= 0.3 is 18.1 Å². The molecule has 0 unspecified atom stereocenters. The van der Waals surface area contributed by atoms with Crippen LogP contribution >= 0.6 is 34.5 Å². The van der Waals surface area contributed by atoms with Crippen molar-refractivity contribution in [1.29, 1.82) is 5.26 Å². The molecule has 2 aromatic carbocycles. The number of ether oxygens (including phenoxy) is 1. The van der Waals surface area contributed by atoms with Gasteiger partial charge < -0.3 is 20.5 Å². The number of nitrogens with zero attached hydrogens (tertiary/aromatic N) is 2. The molecular weight excluding hydrogens is 718 g/mol. The van der Waals surface area contributed by atoms with Crippen molar-refractivity contribution in [1.82, 2.24) is 15.6 Å². The molecule has 4 rings (SSSR count). The van der Waals surface area contributed by atoms with Crippen LogP contribution in [0, 0.1) is 28.4 Å². The van der Waals surface area contributed by atoms with Crippen LogP contribution < -0.4 is 10.6 Å². The first kappa shape index (κ1) is 39.6. The molecule has 264 valence electrons. The predicted molar refractivity (Wildman–Crippen MR) is 171 cm³/mol. The number of alkyl halides is 3. The molecule has 9 nitrogen and oxygen atoms in total. The van der Waals surface area contributed by atoms with Gasteiger partial charge in [-0.05, 0) is 35.6 Å². The molecule has 0 saturated carbocycles. The summed E-state index contributed by atoms with van der Waals surface area (Å²) in [5, 5.41) is 25.7. The zero-order valence-electron chi connectivity index (χ0n) is 26.4. The minimum absolute atomic E-state index is 0.0391. The molecule has 1 amide bonds. The predicted octanol–water partition coefficient (Wildman–Crippen LogP) is 6.58. The lowest BCUT2D eigenvalue weighted by Gasteiger charge is -2.37. The van der Waals surface area contributed by atoms with E-state index in [0.29, 0.717) is 12.1 Å². The lowest BCUT2D eigenvalue weighted by molar-refractivity contribution is -0.192. The molecule has 2 heterocycles. The van der Waals surface area contributed by atoms with E-state index in [4.69, 9.17) is 37.8 Å². The van der Waals surface area contributed by atoms with Gasteiger partial charge in [-0.1, -0.05) is 62.2 Å². The quantitative estimate of drug-likeness (QED) is 0.173. The molecule has 1 aliphatic heterocycles. The second kappa shape index (κ2) is 15.8. The summed E-state index contributed by atoms with van der Waals surface area (Å²) in [5.74, 6) is -7.03. The first-order valence-corrected chi connectivity index (χ1v) is 16.1. The van der Waals surface area contributed by atoms with Gasteiger partial charge in [0, 0.05) is 34.3 Å². The van der Waals surface area contributed by atoms with E-state index in [2.05, 4.69) is 21.7 Å². The number of carboxylic acids is 1. The minimum atomic E-state index is -5.08. The Balaban J connectivity index is 0.000000838. The van der Waals surface area contributed by atoms with E-state index in [1.807, 2.05) is 20.8 Å². The van der Waals surface area contributed by atoms with Crippen molar-refractivity contribution in [3.63, 3.8) is 0 Å². The number of amides is 1. The van der Waals surface area contributed by atoms with Gasteiger partial charge in [0.2, 0.25) is 5.91 Å². The van der Waals surface area contributed by atoms with E-state index < -0.39 is 70.5 Å². The number of aromatic nitrogens is 1. The highest BCUT2D eigenvalue weighted by Crippen LogP contribution is 2.52. The number of halogens is 7. The third-order valence-corrected chi connectivity index (χ3v) is 8.84. The van der Waals surface area contributed by atoms with Crippen molar-refractivity contribution in [3.8, 4) is 6.07 Å². The number of thiazole rings is 1. The summed E-state index contributed by atoms with van der Waals surface area (Å²) in [6.07, 6.45) is -4.73. The second-order valence-corrected chi connectivity index (χ2v) is 13.8. The van der Waals surface area contributed by atoms with E-state index in [9.17, 15) is 28.0 Å². The number of carbonyl (C=O) groups excluding carboxylic acids is 2. The van der Waals surface area contributed by atoms with Crippen molar-refractivity contribution in [2.45, 2.75) is 69.2 Å².